The summed E-state index contributed by atoms with van der Waals surface area (Å²) in [6.45, 7) is 7.09. The first-order valence-electron chi connectivity index (χ1n) is 8.54. The smallest absolute Gasteiger partial charge is 0.227 e. The average Bonchev–Trinajstić information content (AvgIpc) is 3.04. The molecule has 4 nitrogen and oxygen atoms in total. The second-order valence-electron chi connectivity index (χ2n) is 6.15. The second-order valence-corrected chi connectivity index (χ2v) is 7.21. The van der Waals surface area contributed by atoms with Gasteiger partial charge in [0, 0.05) is 24.0 Å². The van der Waals surface area contributed by atoms with E-state index in [9.17, 15) is 4.79 Å². The molecular weight excluding hydrogens is 318 g/mol. The lowest BCUT2D eigenvalue weighted by Gasteiger charge is -2.28. The highest BCUT2D eigenvalue weighted by atomic mass is 32.1. The Labute approximate surface area is 148 Å². The average molecular weight is 346 g/mol. The molecule has 3 N–H and O–H groups in total. The van der Waals surface area contributed by atoms with Gasteiger partial charge < -0.3 is 11.1 Å². The van der Waals surface area contributed by atoms with Crippen LogP contribution >= 0.6 is 11.3 Å². The summed E-state index contributed by atoms with van der Waals surface area (Å²) in [7, 11) is 0. The zero-order valence-electron chi connectivity index (χ0n) is 14.8. The van der Waals surface area contributed by atoms with E-state index in [-0.39, 0.29) is 5.91 Å². The molecule has 0 fully saturated rings. The van der Waals surface area contributed by atoms with Crippen LogP contribution in [-0.2, 0) is 11.2 Å². The number of thiazole rings is 1. The molecular formula is C19H27N3OS. The minimum atomic E-state index is -0.424. The molecule has 0 saturated carbocycles. The molecule has 1 aromatic carbocycles. The van der Waals surface area contributed by atoms with E-state index in [4.69, 9.17) is 5.73 Å². The Hall–Kier alpha value is -1.72. The minimum absolute atomic E-state index is 0.0737. The van der Waals surface area contributed by atoms with Crippen LogP contribution in [-0.4, -0.2) is 24.0 Å². The van der Waals surface area contributed by atoms with Crippen LogP contribution in [0.5, 0.6) is 0 Å². The van der Waals surface area contributed by atoms with Crippen LogP contribution in [0.4, 0.5) is 0 Å². The third-order valence-corrected chi connectivity index (χ3v) is 5.57. The standard InChI is InChI=1S/C19H27N3OS/c1-4-19(5-2,13-20)18(23)21-11-10-15-6-8-16(9-7-15)17-12-24-14(3)22-17/h6-9,12H,4-5,10-11,13,20H2,1-3H3,(H,21,23). The number of nitrogens with one attached hydrogen (secondary N) is 1. The van der Waals surface area contributed by atoms with Gasteiger partial charge in [0.25, 0.3) is 0 Å². The first-order chi connectivity index (χ1) is 11.5. The SMILES string of the molecule is CCC(CC)(CN)C(=O)NCCc1ccc(-c2csc(C)n2)cc1. The molecule has 1 aromatic heterocycles. The maximum absolute atomic E-state index is 12.4. The van der Waals surface area contributed by atoms with Gasteiger partial charge >= 0.3 is 0 Å². The van der Waals surface area contributed by atoms with Crippen molar-refractivity contribution in [3.05, 3.63) is 40.2 Å². The lowest BCUT2D eigenvalue weighted by molar-refractivity contribution is -0.131. The van der Waals surface area contributed by atoms with Crippen molar-refractivity contribution >= 4 is 17.2 Å². The zero-order valence-corrected chi connectivity index (χ0v) is 15.6. The van der Waals surface area contributed by atoms with Crippen molar-refractivity contribution in [1.82, 2.24) is 10.3 Å². The molecule has 130 valence electrons. The summed E-state index contributed by atoms with van der Waals surface area (Å²) in [6, 6.07) is 8.39. The number of nitrogens with two attached hydrogens (primary N) is 1. The molecule has 0 spiro atoms. The van der Waals surface area contributed by atoms with E-state index < -0.39 is 5.41 Å². The molecule has 5 heteroatoms. The van der Waals surface area contributed by atoms with Gasteiger partial charge in [-0.3, -0.25) is 4.79 Å². The van der Waals surface area contributed by atoms with Crippen molar-refractivity contribution in [1.29, 1.82) is 0 Å². The van der Waals surface area contributed by atoms with Crippen molar-refractivity contribution in [2.45, 2.75) is 40.0 Å². The Morgan fingerprint density at radius 2 is 1.92 bits per heavy atom. The van der Waals surface area contributed by atoms with Crippen LogP contribution in [0, 0.1) is 12.3 Å². The van der Waals surface area contributed by atoms with Gasteiger partial charge in [-0.05, 0) is 31.7 Å². The molecule has 1 heterocycles. The van der Waals surface area contributed by atoms with E-state index in [0.29, 0.717) is 13.1 Å². The number of hydrogen-bond acceptors (Lipinski definition) is 4. The van der Waals surface area contributed by atoms with Gasteiger partial charge in [-0.1, -0.05) is 38.1 Å². The van der Waals surface area contributed by atoms with Crippen LogP contribution in [0.25, 0.3) is 11.3 Å². The molecule has 0 aliphatic heterocycles. The number of hydrogen-bond donors (Lipinski definition) is 2. The topological polar surface area (TPSA) is 68.0 Å². The van der Waals surface area contributed by atoms with Gasteiger partial charge in [0.05, 0.1) is 16.1 Å². The van der Waals surface area contributed by atoms with E-state index in [1.165, 1.54) is 5.56 Å². The monoisotopic (exact) mass is 345 g/mol. The van der Waals surface area contributed by atoms with Gasteiger partial charge in [0.1, 0.15) is 0 Å². The largest absolute Gasteiger partial charge is 0.355 e. The van der Waals surface area contributed by atoms with E-state index >= 15 is 0 Å². The Morgan fingerprint density at radius 3 is 2.42 bits per heavy atom. The lowest BCUT2D eigenvalue weighted by atomic mass is 9.81. The molecule has 24 heavy (non-hydrogen) atoms. The number of carbonyl (C=O) groups excluding carboxylic acids is 1. The quantitative estimate of drug-likeness (QED) is 0.769. The molecule has 0 aliphatic carbocycles. The van der Waals surface area contributed by atoms with Gasteiger partial charge in [-0.15, -0.1) is 11.3 Å². The number of nitrogens with zero attached hydrogens (tertiary/aromatic N) is 1. The maximum Gasteiger partial charge on any atom is 0.227 e. The summed E-state index contributed by atoms with van der Waals surface area (Å²) in [6.07, 6.45) is 2.36. The van der Waals surface area contributed by atoms with Crippen molar-refractivity contribution in [2.75, 3.05) is 13.1 Å². The summed E-state index contributed by atoms with van der Waals surface area (Å²) in [5.74, 6) is 0.0737. The third-order valence-electron chi connectivity index (χ3n) is 4.79. The van der Waals surface area contributed by atoms with Crippen molar-refractivity contribution in [3.8, 4) is 11.3 Å². The highest BCUT2D eigenvalue weighted by Crippen LogP contribution is 2.25. The Kier molecular flexibility index (Phi) is 6.52. The molecule has 2 aromatic rings. The zero-order chi connectivity index (χ0) is 17.6. The van der Waals surface area contributed by atoms with Gasteiger partial charge in [-0.25, -0.2) is 4.98 Å². The first kappa shape index (κ1) is 18.6. The van der Waals surface area contributed by atoms with Crippen LogP contribution in [0.3, 0.4) is 0 Å². The number of rotatable bonds is 8. The summed E-state index contributed by atoms with van der Waals surface area (Å²) in [5, 5.41) is 6.20. The fraction of sp³-hybridized carbons (Fsp3) is 0.474. The number of carbonyl (C=O) groups is 1. The normalized spacial score (nSPS) is 11.5. The minimum Gasteiger partial charge on any atom is -0.355 e. The second kappa shape index (κ2) is 8.40. The van der Waals surface area contributed by atoms with Crippen LogP contribution in [0.15, 0.2) is 29.6 Å². The molecule has 0 aliphatic rings. The summed E-state index contributed by atoms with van der Waals surface area (Å²) in [4.78, 5) is 16.9. The molecule has 0 radical (unpaired) electrons. The van der Waals surface area contributed by atoms with E-state index in [1.54, 1.807) is 11.3 Å². The van der Waals surface area contributed by atoms with Crippen LogP contribution in [0.1, 0.15) is 37.3 Å². The Morgan fingerprint density at radius 1 is 1.25 bits per heavy atom. The predicted octanol–water partition coefficient (Wildman–Crippen LogP) is 3.54. The van der Waals surface area contributed by atoms with Crippen molar-refractivity contribution in [3.63, 3.8) is 0 Å². The summed E-state index contributed by atoms with van der Waals surface area (Å²) >= 11 is 1.66. The molecule has 0 bridgehead atoms. The highest BCUT2D eigenvalue weighted by Gasteiger charge is 2.32. The van der Waals surface area contributed by atoms with Crippen LogP contribution in [0.2, 0.25) is 0 Å². The van der Waals surface area contributed by atoms with Gasteiger partial charge in [-0.2, -0.15) is 0 Å². The van der Waals surface area contributed by atoms with Crippen LogP contribution < -0.4 is 11.1 Å². The van der Waals surface area contributed by atoms with Gasteiger partial charge in [0.2, 0.25) is 5.91 Å². The number of aryl methyl sites for hydroxylation is 1. The molecule has 0 saturated heterocycles. The number of benzene rings is 1. The maximum atomic E-state index is 12.4. The molecule has 0 unspecified atom stereocenters. The molecule has 1 amide bonds. The van der Waals surface area contributed by atoms with E-state index in [0.717, 1.165) is 35.5 Å². The summed E-state index contributed by atoms with van der Waals surface area (Å²) in [5.41, 5.74) is 8.76. The molecule has 2 rings (SSSR count). The van der Waals surface area contributed by atoms with Gasteiger partial charge in [0.15, 0.2) is 0 Å². The number of aromatic nitrogens is 1. The Bertz CT molecular complexity index is 651. The molecule has 0 atom stereocenters. The highest BCUT2D eigenvalue weighted by molar-refractivity contribution is 7.09. The first-order valence-corrected chi connectivity index (χ1v) is 9.42. The fourth-order valence-electron chi connectivity index (χ4n) is 2.80. The van der Waals surface area contributed by atoms with Crippen molar-refractivity contribution in [2.24, 2.45) is 11.1 Å². The summed E-state index contributed by atoms with van der Waals surface area (Å²) < 4.78 is 0. The Balaban J connectivity index is 1.90. The predicted molar refractivity (Wildman–Crippen MR) is 101 cm³/mol. The third kappa shape index (κ3) is 4.22. The van der Waals surface area contributed by atoms with E-state index in [2.05, 4.69) is 39.9 Å². The fourth-order valence-corrected chi connectivity index (χ4v) is 3.42. The number of amides is 1. The van der Waals surface area contributed by atoms with E-state index in [1.807, 2.05) is 20.8 Å². The van der Waals surface area contributed by atoms with Crippen molar-refractivity contribution < 1.29 is 4.79 Å². The lowest BCUT2D eigenvalue weighted by Crippen LogP contribution is -2.45.